The van der Waals surface area contributed by atoms with Crippen LogP contribution in [-0.2, 0) is 0 Å². The van der Waals surface area contributed by atoms with E-state index >= 15 is 0 Å². The van der Waals surface area contributed by atoms with Crippen LogP contribution in [0.3, 0.4) is 0 Å². The van der Waals surface area contributed by atoms with Gasteiger partial charge in [0.15, 0.2) is 0 Å². The topological polar surface area (TPSA) is 25.4 Å². The van der Waals surface area contributed by atoms with Crippen LogP contribution < -0.4 is 62.0 Å². The van der Waals surface area contributed by atoms with Crippen LogP contribution >= 0.6 is 0 Å². The van der Waals surface area contributed by atoms with Gasteiger partial charge >= 0.3 is 720 Å². The third-order valence-electron chi connectivity index (χ3n) is 24.4. The van der Waals surface area contributed by atoms with Crippen molar-refractivity contribution in [2.45, 2.75) is 0 Å². The summed E-state index contributed by atoms with van der Waals surface area (Å²) in [7, 11) is 0. The summed E-state index contributed by atoms with van der Waals surface area (Å²) in [5.41, 5.74) is 24.5. The van der Waals surface area contributed by atoms with E-state index in [0.717, 1.165) is 74.1 Å². The van der Waals surface area contributed by atoms with Crippen molar-refractivity contribution in [2.24, 2.45) is 0 Å². The number of para-hydroxylation sites is 4. The van der Waals surface area contributed by atoms with Gasteiger partial charge in [0, 0.05) is 0 Å². The van der Waals surface area contributed by atoms with Crippen molar-refractivity contribution in [1.82, 2.24) is 0 Å². The molecule has 4 aliphatic heterocycles. The molecule has 0 fully saturated rings. The van der Waals surface area contributed by atoms with Crippen LogP contribution in [0.1, 0.15) is 0 Å². The number of rotatable bonds is 9. The molecule has 0 unspecified atom stereocenters. The van der Waals surface area contributed by atoms with Crippen molar-refractivity contribution >= 4 is 322 Å². The molecule has 26 rings (SSSR count). The van der Waals surface area contributed by atoms with Gasteiger partial charge in [-0.05, 0) is 0 Å². The summed E-state index contributed by atoms with van der Waals surface area (Å²) < 4.78 is 23.0. The summed E-state index contributed by atoms with van der Waals surface area (Å²) in [6.45, 7) is -0.405. The molecule has 13 heteroatoms. The van der Waals surface area contributed by atoms with Gasteiger partial charge in [-0.2, -0.15) is 0 Å². The minimum atomic E-state index is -0.743. The van der Waals surface area contributed by atoms with Crippen molar-refractivity contribution in [2.75, 3.05) is 24.5 Å². The van der Waals surface area contributed by atoms with Gasteiger partial charge in [-0.25, -0.2) is 0 Å². The summed E-state index contributed by atoms with van der Waals surface area (Å²) in [6.07, 6.45) is 0. The van der Waals surface area contributed by atoms with Gasteiger partial charge in [0.2, 0.25) is 0 Å². The predicted molar refractivity (Wildman–Crippen MR) is 495 cm³/mol. The SMILES string of the molecule is c1ccc(N(c2cc3c4c(c2)N(c2ccc5c(c2)[te]c2ccccc25)c2ccccc2B4c2cc4c(cc2O3)N(c2ccc3c(c2)[te]c2ccccc23)c2cc(N(c3ccccc3)c3ccc5c(c3)[te]c3ccccc35)cc3c2B4c2ccccc2N3c2ccc3c(c2)[te]c2ccccc23)c2ccc3c(c2)[te]c2ccccc23)cc1. The fourth-order valence-corrected chi connectivity index (χ4v) is 35.8. The maximum absolute atomic E-state index is 8.15. The van der Waals surface area contributed by atoms with Crippen LogP contribution in [0.4, 0.5) is 85.3 Å². The average Bonchev–Trinajstić information content (AvgIpc) is 1.51. The first-order chi connectivity index (χ1) is 57.0. The summed E-state index contributed by atoms with van der Waals surface area (Å²) in [4.78, 5) is 13.0. The third kappa shape index (κ3) is 10.2. The third-order valence-corrected chi connectivity index (χ3v) is 40.6. The van der Waals surface area contributed by atoms with E-state index in [9.17, 15) is 0 Å². The minimum absolute atomic E-state index is 0.197. The number of benzene rings is 17. The average molecular weight is 2030 g/mol. The van der Waals surface area contributed by atoms with Gasteiger partial charge < -0.3 is 0 Å². The molecule has 0 aliphatic carbocycles. The maximum atomic E-state index is 8.15. The molecule has 0 bridgehead atoms. The predicted octanol–water partition coefficient (Wildman–Crippen LogP) is 21.9. The van der Waals surface area contributed by atoms with Gasteiger partial charge in [0.25, 0.3) is 0 Å². The van der Waals surface area contributed by atoms with Gasteiger partial charge in [-0.1, -0.05) is 0 Å². The molecular formula is C102H59B2N5OTe5. The van der Waals surface area contributed by atoms with E-state index < -0.39 is 102 Å². The van der Waals surface area contributed by atoms with Crippen LogP contribution in [-0.4, -0.2) is 116 Å². The van der Waals surface area contributed by atoms with E-state index in [0.29, 0.717) is 0 Å². The Labute approximate surface area is 712 Å². The van der Waals surface area contributed by atoms with Gasteiger partial charge in [0.1, 0.15) is 0 Å². The zero-order valence-corrected chi connectivity index (χ0v) is 73.1. The second kappa shape index (κ2) is 26.1. The molecule has 115 heavy (non-hydrogen) atoms. The molecule has 0 amide bonds. The molecule has 0 saturated carbocycles. The number of nitrogens with zero attached hydrogens (tertiary/aromatic N) is 5. The number of anilines is 15. The van der Waals surface area contributed by atoms with Crippen molar-refractivity contribution < 1.29 is 4.74 Å². The van der Waals surface area contributed by atoms with Crippen LogP contribution in [0.25, 0.3) is 87.9 Å². The number of ether oxygens (including phenoxy) is 1. The van der Waals surface area contributed by atoms with E-state index in [4.69, 9.17) is 4.74 Å². The first kappa shape index (κ1) is 66.9. The van der Waals surface area contributed by atoms with E-state index in [1.165, 1.54) is 143 Å². The molecule has 0 saturated heterocycles. The van der Waals surface area contributed by atoms with Crippen LogP contribution in [0.15, 0.2) is 358 Å². The Hall–Kier alpha value is -10.4. The molecule has 9 heterocycles. The molecule has 5 aromatic heterocycles. The molecule has 0 radical (unpaired) electrons. The molecule has 0 atom stereocenters. The molecule has 0 spiro atoms. The standard InChI is InChI=1S/C102H59B2N5OTe5/c1-3-21-60(22-4-1)105(62-39-44-74-69-25-7-16-34-91(69)111-96(74)53-62)67-49-86-101-87(50-67)109(66-43-48-78-73-29-11-20-38-95(73)115-100(78)57-66)85-59-89-82(58-81(85)103(101)79-30-12-14-32-83(79)107(86)64-41-46-76-71-27-9-18-36-93(71)113-98(76)55-64)104-80-31-13-15-33-84(80)108(65-42-47-77-72-28-10-19-37-94(72)114-99(77)56-65)88-51-68(52-90(110-89)102(88)104)106(61-23-5-2-6-24-61)63-40-45-75-70-26-8-17-35-92(70)112-97(75)54-63/h1-59H. The normalized spacial score (nSPS) is 13.2. The Morgan fingerprint density at radius 2 is 0.530 bits per heavy atom. The summed E-state index contributed by atoms with van der Waals surface area (Å²) in [5, 5.41) is 13.8. The summed E-state index contributed by atoms with van der Waals surface area (Å²) in [6, 6.07) is 139. The summed E-state index contributed by atoms with van der Waals surface area (Å²) >= 11 is -3.37. The number of hydrogen-bond acceptors (Lipinski definition) is 6. The molecule has 17 aromatic carbocycles. The van der Waals surface area contributed by atoms with Gasteiger partial charge in [-0.3, -0.25) is 0 Å². The Bertz CT molecular complexity index is 7940. The molecule has 22 aromatic rings. The second-order valence-electron chi connectivity index (χ2n) is 30.6. The van der Waals surface area contributed by atoms with Crippen LogP contribution in [0.5, 0.6) is 11.5 Å². The Morgan fingerprint density at radius 3 is 0.957 bits per heavy atom. The fourth-order valence-electron chi connectivity index (χ4n) is 19.5. The van der Waals surface area contributed by atoms with Crippen molar-refractivity contribution in [3.63, 3.8) is 0 Å². The zero-order chi connectivity index (χ0) is 74.8. The van der Waals surface area contributed by atoms with Crippen molar-refractivity contribution in [3.05, 3.63) is 358 Å². The molecular weight excluding hydrogens is 1970 g/mol. The fraction of sp³-hybridized carbons (Fsp3) is 0. The van der Waals surface area contributed by atoms with E-state index in [-0.39, 0.29) is 13.4 Å². The van der Waals surface area contributed by atoms with E-state index in [2.05, 4.69) is 382 Å². The van der Waals surface area contributed by atoms with E-state index in [1.54, 1.807) is 0 Å². The molecule has 4 aliphatic rings. The number of hydrogen-bond donors (Lipinski definition) is 0. The first-order valence-electron chi connectivity index (χ1n) is 39.1. The van der Waals surface area contributed by atoms with Crippen molar-refractivity contribution in [3.8, 4) is 11.5 Å². The Morgan fingerprint density at radius 1 is 0.200 bits per heavy atom. The Balaban J connectivity index is 0.748. The molecule has 534 valence electrons. The van der Waals surface area contributed by atoms with E-state index in [1.807, 2.05) is 0 Å². The Kier molecular flexibility index (Phi) is 15.2. The summed E-state index contributed by atoms with van der Waals surface area (Å²) in [5.74, 6) is 1.73. The van der Waals surface area contributed by atoms with Gasteiger partial charge in [-0.15, -0.1) is 0 Å². The zero-order valence-electron chi connectivity index (χ0n) is 61.4. The second-order valence-corrected chi connectivity index (χ2v) is 46.0. The quantitative estimate of drug-likeness (QED) is 0.134. The van der Waals surface area contributed by atoms with Crippen molar-refractivity contribution in [1.29, 1.82) is 0 Å². The first-order valence-corrected chi connectivity index (χ1v) is 50.7. The van der Waals surface area contributed by atoms with Crippen LogP contribution in [0.2, 0.25) is 0 Å². The number of fused-ring (bicyclic) bond motifs is 23. The van der Waals surface area contributed by atoms with Crippen LogP contribution in [0, 0.1) is 0 Å². The monoisotopic (exact) mass is 2040 g/mol. The molecule has 6 nitrogen and oxygen atoms in total. The molecule has 0 N–H and O–H groups in total. The van der Waals surface area contributed by atoms with Gasteiger partial charge in [0.05, 0.1) is 0 Å².